The second kappa shape index (κ2) is 12.9. The minimum atomic E-state index is -0.650. The number of imide groups is 1. The van der Waals surface area contributed by atoms with E-state index >= 15 is 0 Å². The number of hydrogen-bond acceptors (Lipinski definition) is 7. The summed E-state index contributed by atoms with van der Waals surface area (Å²) in [6, 6.07) is 10.3. The van der Waals surface area contributed by atoms with Gasteiger partial charge in [-0.05, 0) is 61.0 Å². The Morgan fingerprint density at radius 1 is 1.16 bits per heavy atom. The number of carbonyl (C=O) groups is 4. The summed E-state index contributed by atoms with van der Waals surface area (Å²) in [4.78, 5) is 51.7. The van der Waals surface area contributed by atoms with Gasteiger partial charge in [0.2, 0.25) is 11.8 Å². The van der Waals surface area contributed by atoms with Crippen molar-refractivity contribution in [2.75, 3.05) is 38.4 Å². The number of ether oxygens (including phenoxy) is 1. The van der Waals surface area contributed by atoms with Crippen molar-refractivity contribution in [2.45, 2.75) is 43.3 Å². The molecule has 4 rings (SSSR count). The Kier molecular flexibility index (Phi) is 9.38. The molecule has 0 aliphatic carbocycles. The number of carbonyl (C=O) groups excluding carboxylic acids is 4. The van der Waals surface area contributed by atoms with E-state index in [0.29, 0.717) is 37.4 Å². The minimum absolute atomic E-state index is 0.216. The van der Waals surface area contributed by atoms with Crippen LogP contribution in [0.15, 0.2) is 41.3 Å². The van der Waals surface area contributed by atoms with Crippen molar-refractivity contribution >= 4 is 41.2 Å². The molecule has 0 spiro atoms. The van der Waals surface area contributed by atoms with E-state index in [1.807, 2.05) is 37.6 Å². The number of likely N-dealkylation sites (N-methyl/N-ethyl adjacent to an activating group) is 1. The first-order valence-corrected chi connectivity index (χ1v) is 13.8. The number of urea groups is 1. The zero-order chi connectivity index (χ0) is 27.1. The molecule has 1 atom stereocenters. The van der Waals surface area contributed by atoms with Crippen molar-refractivity contribution < 1.29 is 23.9 Å². The lowest BCUT2D eigenvalue weighted by Crippen LogP contribution is -2.52. The Labute approximate surface area is 226 Å². The van der Waals surface area contributed by atoms with Crippen LogP contribution in [0.1, 0.15) is 39.9 Å². The first kappa shape index (κ1) is 27.6. The largest absolute Gasteiger partial charge is 0.380 e. The fraction of sp³-hybridized carbons (Fsp3) is 0.407. The van der Waals surface area contributed by atoms with Gasteiger partial charge in [0, 0.05) is 42.2 Å². The van der Waals surface area contributed by atoms with E-state index in [9.17, 15) is 19.2 Å². The lowest BCUT2D eigenvalue weighted by molar-refractivity contribution is -0.136. The van der Waals surface area contributed by atoms with E-state index in [4.69, 9.17) is 4.74 Å². The van der Waals surface area contributed by atoms with E-state index in [-0.39, 0.29) is 30.8 Å². The van der Waals surface area contributed by atoms with Crippen molar-refractivity contribution in [3.63, 3.8) is 0 Å². The van der Waals surface area contributed by atoms with Crippen molar-refractivity contribution in [1.29, 1.82) is 0 Å². The van der Waals surface area contributed by atoms with Gasteiger partial charge in [0.05, 0.1) is 13.2 Å². The predicted molar refractivity (Wildman–Crippen MR) is 145 cm³/mol. The third-order valence-corrected chi connectivity index (χ3v) is 7.42. The van der Waals surface area contributed by atoms with Crippen LogP contribution in [0, 0.1) is 0 Å². The summed E-state index contributed by atoms with van der Waals surface area (Å²) in [5.74, 6) is -0.964. The molecule has 2 aromatic rings. The highest BCUT2D eigenvalue weighted by Crippen LogP contribution is 2.28. The Bertz CT molecular complexity index is 1220. The Hall–Kier alpha value is -3.41. The van der Waals surface area contributed by atoms with E-state index in [1.54, 1.807) is 23.9 Å². The maximum absolute atomic E-state index is 12.9. The molecular weight excluding hydrogens is 506 g/mol. The number of hydrogen-bond donors (Lipinski definition) is 4. The molecule has 5 amide bonds. The molecule has 1 saturated heterocycles. The van der Waals surface area contributed by atoms with Crippen LogP contribution in [0.5, 0.6) is 0 Å². The summed E-state index contributed by atoms with van der Waals surface area (Å²) in [5, 5.41) is 11.1. The van der Waals surface area contributed by atoms with Gasteiger partial charge >= 0.3 is 6.03 Å². The maximum Gasteiger partial charge on any atom is 0.319 e. The van der Waals surface area contributed by atoms with Crippen molar-refractivity contribution in [3.8, 4) is 0 Å². The molecule has 10 nitrogen and oxygen atoms in total. The van der Waals surface area contributed by atoms with Gasteiger partial charge in [0.15, 0.2) is 0 Å². The van der Waals surface area contributed by atoms with Gasteiger partial charge in [-0.25, -0.2) is 4.79 Å². The molecule has 0 saturated carbocycles. The Morgan fingerprint density at radius 3 is 2.76 bits per heavy atom. The highest BCUT2D eigenvalue weighted by molar-refractivity contribution is 7.98. The summed E-state index contributed by atoms with van der Waals surface area (Å²) in [5.41, 5.74) is 4.06. The van der Waals surface area contributed by atoms with Crippen LogP contribution < -0.4 is 21.3 Å². The number of anilines is 1. The average molecular weight is 540 g/mol. The summed E-state index contributed by atoms with van der Waals surface area (Å²) in [6.45, 7) is 2.70. The van der Waals surface area contributed by atoms with Crippen LogP contribution in [0.25, 0.3) is 0 Å². The molecule has 1 unspecified atom stereocenters. The van der Waals surface area contributed by atoms with Crippen molar-refractivity contribution in [1.82, 2.24) is 20.9 Å². The standard InChI is InChI=1S/C27H33N5O5S/c1-28-10-12-37-11-9-18-4-5-20(14-23(18)38-2)30-27(36)29-15-17-3-6-21-19(13-17)16-32(26(21)35)22-7-8-24(33)31-25(22)34/h3-6,13-14,22,28H,7-12,15-16H2,1-2H3,(H2,29,30,36)(H,31,33,34). The number of rotatable bonds is 11. The lowest BCUT2D eigenvalue weighted by atomic mass is 10.0. The maximum atomic E-state index is 12.9. The highest BCUT2D eigenvalue weighted by Gasteiger charge is 2.39. The predicted octanol–water partition coefficient (Wildman–Crippen LogP) is 2.27. The van der Waals surface area contributed by atoms with Crippen molar-refractivity contribution in [3.05, 3.63) is 58.7 Å². The third-order valence-electron chi connectivity index (χ3n) is 6.60. The summed E-state index contributed by atoms with van der Waals surface area (Å²) < 4.78 is 5.62. The summed E-state index contributed by atoms with van der Waals surface area (Å²) in [7, 11) is 1.89. The number of amides is 5. The normalized spacial score (nSPS) is 16.8. The monoisotopic (exact) mass is 539 g/mol. The van der Waals surface area contributed by atoms with E-state index < -0.39 is 11.9 Å². The Morgan fingerprint density at radius 2 is 2.00 bits per heavy atom. The van der Waals surface area contributed by atoms with Gasteiger partial charge in [0.25, 0.3) is 5.91 Å². The molecule has 2 aliphatic rings. The summed E-state index contributed by atoms with van der Waals surface area (Å²) in [6.07, 6.45) is 3.34. The number of thioether (sulfide) groups is 1. The van der Waals surface area contributed by atoms with Crippen LogP contribution in [0.2, 0.25) is 0 Å². The zero-order valence-electron chi connectivity index (χ0n) is 21.6. The van der Waals surface area contributed by atoms with E-state index in [2.05, 4.69) is 21.3 Å². The van der Waals surface area contributed by atoms with Crippen LogP contribution in [-0.2, 0) is 33.8 Å². The van der Waals surface area contributed by atoms with E-state index in [0.717, 1.165) is 29.0 Å². The van der Waals surface area contributed by atoms with E-state index in [1.165, 1.54) is 10.5 Å². The SMILES string of the molecule is CNCCOCCc1ccc(NC(=O)NCc2ccc3c(c2)CN(C2CCC(=O)NC2=O)C3=O)cc1SC. The molecule has 2 heterocycles. The van der Waals surface area contributed by atoms with Gasteiger partial charge in [-0.3, -0.25) is 19.7 Å². The van der Waals surface area contributed by atoms with Crippen LogP contribution in [0.4, 0.5) is 10.5 Å². The quantitative estimate of drug-likeness (QED) is 0.196. The highest BCUT2D eigenvalue weighted by atomic mass is 32.2. The smallest absolute Gasteiger partial charge is 0.319 e. The number of nitrogens with one attached hydrogen (secondary N) is 4. The van der Waals surface area contributed by atoms with Gasteiger partial charge < -0.3 is 25.6 Å². The number of piperidine rings is 1. The fourth-order valence-corrected chi connectivity index (χ4v) is 5.26. The zero-order valence-corrected chi connectivity index (χ0v) is 22.4. The molecule has 11 heteroatoms. The third kappa shape index (κ3) is 6.72. The van der Waals surface area contributed by atoms with Gasteiger partial charge in [0.1, 0.15) is 6.04 Å². The molecule has 0 bridgehead atoms. The molecule has 2 aliphatic heterocycles. The second-order valence-corrected chi connectivity index (χ2v) is 10.0. The molecule has 4 N–H and O–H groups in total. The van der Waals surface area contributed by atoms with Gasteiger partial charge in [-0.15, -0.1) is 11.8 Å². The molecule has 2 aromatic carbocycles. The van der Waals surface area contributed by atoms with Crippen LogP contribution in [-0.4, -0.2) is 67.8 Å². The molecular formula is C27H33N5O5S. The fourth-order valence-electron chi connectivity index (χ4n) is 4.58. The molecule has 38 heavy (non-hydrogen) atoms. The Balaban J connectivity index is 1.30. The molecule has 0 radical (unpaired) electrons. The topological polar surface area (TPSA) is 129 Å². The summed E-state index contributed by atoms with van der Waals surface area (Å²) >= 11 is 1.62. The first-order chi connectivity index (χ1) is 18.4. The molecule has 1 fully saturated rings. The van der Waals surface area contributed by atoms with Crippen molar-refractivity contribution in [2.24, 2.45) is 0 Å². The number of benzene rings is 2. The number of fused-ring (bicyclic) bond motifs is 1. The average Bonchev–Trinajstić information content (AvgIpc) is 3.23. The second-order valence-electron chi connectivity index (χ2n) is 9.19. The number of nitrogens with zero attached hydrogens (tertiary/aromatic N) is 1. The lowest BCUT2D eigenvalue weighted by Gasteiger charge is -2.29. The molecule has 202 valence electrons. The molecule has 0 aromatic heterocycles. The van der Waals surface area contributed by atoms with Crippen LogP contribution in [0.3, 0.4) is 0 Å². The van der Waals surface area contributed by atoms with Gasteiger partial charge in [-0.2, -0.15) is 0 Å². The van der Waals surface area contributed by atoms with Gasteiger partial charge in [-0.1, -0.05) is 18.2 Å². The van der Waals surface area contributed by atoms with Crippen LogP contribution >= 0.6 is 11.8 Å². The minimum Gasteiger partial charge on any atom is -0.380 e. The first-order valence-electron chi connectivity index (χ1n) is 12.6.